The highest BCUT2D eigenvalue weighted by Crippen LogP contribution is 2.48. The van der Waals surface area contributed by atoms with E-state index < -0.39 is 0 Å². The zero-order valence-corrected chi connectivity index (χ0v) is 22.0. The SMILES string of the molecule is CCCCCCCCCCCCCOC(=O)C1CC(C(C)(C)C)C(O)C(C(C)(C)C)C1. The van der Waals surface area contributed by atoms with Crippen molar-refractivity contribution < 1.29 is 14.6 Å². The van der Waals surface area contributed by atoms with Crippen molar-refractivity contribution in [3.63, 3.8) is 0 Å². The van der Waals surface area contributed by atoms with Crippen LogP contribution < -0.4 is 0 Å². The van der Waals surface area contributed by atoms with Crippen molar-refractivity contribution in [2.24, 2.45) is 28.6 Å². The predicted molar refractivity (Wildman–Crippen MR) is 132 cm³/mol. The molecule has 0 radical (unpaired) electrons. The molecule has 0 heterocycles. The van der Waals surface area contributed by atoms with E-state index in [0.717, 1.165) is 25.7 Å². The van der Waals surface area contributed by atoms with Crippen LogP contribution in [0.25, 0.3) is 0 Å². The highest BCUT2D eigenvalue weighted by molar-refractivity contribution is 5.72. The molecule has 0 aromatic heterocycles. The Hall–Kier alpha value is -0.570. The molecule has 0 spiro atoms. The molecule has 3 heteroatoms. The number of aliphatic hydroxyl groups excluding tert-OH is 1. The Morgan fingerprint density at radius 1 is 0.742 bits per heavy atom. The number of rotatable bonds is 13. The van der Waals surface area contributed by atoms with E-state index in [1.165, 1.54) is 57.8 Å². The molecule has 0 saturated heterocycles. The molecule has 3 nitrogen and oxygen atoms in total. The summed E-state index contributed by atoms with van der Waals surface area (Å²) in [6.07, 6.45) is 15.4. The number of unbranched alkanes of at least 4 members (excludes halogenated alkanes) is 10. The fourth-order valence-corrected chi connectivity index (χ4v) is 5.25. The summed E-state index contributed by atoms with van der Waals surface area (Å²) in [5.41, 5.74) is -0.0320. The van der Waals surface area contributed by atoms with E-state index >= 15 is 0 Å². The summed E-state index contributed by atoms with van der Waals surface area (Å²) in [5, 5.41) is 11.0. The number of ether oxygens (including phenoxy) is 1. The molecule has 0 aliphatic heterocycles. The number of carbonyl (C=O) groups excluding carboxylic acids is 1. The van der Waals surface area contributed by atoms with Crippen molar-refractivity contribution >= 4 is 5.97 Å². The van der Waals surface area contributed by atoms with E-state index in [-0.39, 0.29) is 40.7 Å². The fourth-order valence-electron chi connectivity index (χ4n) is 5.25. The fraction of sp³-hybridized carbons (Fsp3) is 0.964. The molecule has 2 unspecified atom stereocenters. The molecule has 184 valence electrons. The summed E-state index contributed by atoms with van der Waals surface area (Å²) >= 11 is 0. The van der Waals surface area contributed by atoms with Crippen LogP contribution in [-0.4, -0.2) is 23.8 Å². The van der Waals surface area contributed by atoms with Gasteiger partial charge in [0, 0.05) is 0 Å². The van der Waals surface area contributed by atoms with Crippen LogP contribution in [0.2, 0.25) is 0 Å². The van der Waals surface area contributed by atoms with E-state index in [2.05, 4.69) is 48.5 Å². The van der Waals surface area contributed by atoms with Gasteiger partial charge in [0.15, 0.2) is 0 Å². The van der Waals surface area contributed by atoms with Gasteiger partial charge in [-0.1, -0.05) is 113 Å². The van der Waals surface area contributed by atoms with E-state index in [1.807, 2.05) is 0 Å². The lowest BCUT2D eigenvalue weighted by molar-refractivity contribution is -0.157. The minimum Gasteiger partial charge on any atom is -0.465 e. The molecule has 1 aliphatic carbocycles. The minimum absolute atomic E-state index is 0.0160. The highest BCUT2D eigenvalue weighted by Gasteiger charge is 2.48. The maximum atomic E-state index is 12.8. The lowest BCUT2D eigenvalue weighted by atomic mass is 9.58. The van der Waals surface area contributed by atoms with Gasteiger partial charge in [-0.15, -0.1) is 0 Å². The number of esters is 1. The number of hydrogen-bond acceptors (Lipinski definition) is 3. The third-order valence-electron chi connectivity index (χ3n) is 7.45. The van der Waals surface area contributed by atoms with Crippen molar-refractivity contribution in [3.05, 3.63) is 0 Å². The molecule has 1 fully saturated rings. The van der Waals surface area contributed by atoms with Crippen LogP contribution in [0.5, 0.6) is 0 Å². The summed E-state index contributed by atoms with van der Waals surface area (Å²) in [5.74, 6) is 0.141. The number of hydrogen-bond donors (Lipinski definition) is 1. The zero-order valence-electron chi connectivity index (χ0n) is 22.0. The second kappa shape index (κ2) is 13.9. The summed E-state index contributed by atoms with van der Waals surface area (Å²) < 4.78 is 5.70. The summed E-state index contributed by atoms with van der Waals surface area (Å²) in [6.45, 7) is 15.9. The first-order chi connectivity index (χ1) is 14.5. The molecule has 1 aliphatic rings. The van der Waals surface area contributed by atoms with Crippen LogP contribution in [-0.2, 0) is 9.53 Å². The second-order valence-corrected chi connectivity index (χ2v) is 12.3. The van der Waals surface area contributed by atoms with Crippen LogP contribution in [0.15, 0.2) is 0 Å². The van der Waals surface area contributed by atoms with Crippen molar-refractivity contribution in [2.75, 3.05) is 6.61 Å². The van der Waals surface area contributed by atoms with Crippen molar-refractivity contribution in [3.8, 4) is 0 Å². The van der Waals surface area contributed by atoms with Crippen LogP contribution >= 0.6 is 0 Å². The largest absolute Gasteiger partial charge is 0.465 e. The number of carbonyl (C=O) groups is 1. The van der Waals surface area contributed by atoms with E-state index in [1.54, 1.807) is 0 Å². The Morgan fingerprint density at radius 3 is 1.52 bits per heavy atom. The van der Waals surface area contributed by atoms with Crippen LogP contribution in [0, 0.1) is 28.6 Å². The second-order valence-electron chi connectivity index (χ2n) is 12.3. The van der Waals surface area contributed by atoms with Gasteiger partial charge in [-0.2, -0.15) is 0 Å². The molecule has 1 N–H and O–H groups in total. The standard InChI is InChI=1S/C28H54O3/c1-8-9-10-11-12-13-14-15-16-17-18-19-31-26(30)22-20-23(27(2,3)4)25(29)24(21-22)28(5,6)7/h22-25,29H,8-21H2,1-7H3. The van der Waals surface area contributed by atoms with Gasteiger partial charge in [0.25, 0.3) is 0 Å². The average Bonchev–Trinajstić information content (AvgIpc) is 2.67. The molecule has 2 atom stereocenters. The maximum Gasteiger partial charge on any atom is 0.308 e. The lowest BCUT2D eigenvalue weighted by Gasteiger charge is -2.48. The zero-order chi connectivity index (χ0) is 23.5. The van der Waals surface area contributed by atoms with Crippen molar-refractivity contribution in [1.82, 2.24) is 0 Å². The van der Waals surface area contributed by atoms with Gasteiger partial charge in [0.05, 0.1) is 18.6 Å². The molecule has 31 heavy (non-hydrogen) atoms. The van der Waals surface area contributed by atoms with Crippen LogP contribution in [0.4, 0.5) is 0 Å². The first-order valence-electron chi connectivity index (χ1n) is 13.3. The molecule has 0 aromatic rings. The van der Waals surface area contributed by atoms with E-state index in [0.29, 0.717) is 6.61 Å². The summed E-state index contributed by atoms with van der Waals surface area (Å²) in [6, 6.07) is 0. The molecular formula is C28H54O3. The molecule has 1 rings (SSSR count). The van der Waals surface area contributed by atoms with Crippen LogP contribution in [0.3, 0.4) is 0 Å². The predicted octanol–water partition coefficient (Wildman–Crippen LogP) is 7.94. The first kappa shape index (κ1) is 28.5. The van der Waals surface area contributed by atoms with Gasteiger partial charge in [-0.3, -0.25) is 4.79 Å². The monoisotopic (exact) mass is 438 g/mol. The topological polar surface area (TPSA) is 46.5 Å². The molecule has 0 bridgehead atoms. The van der Waals surface area contributed by atoms with Crippen molar-refractivity contribution in [1.29, 1.82) is 0 Å². The molecule has 0 aromatic carbocycles. The average molecular weight is 439 g/mol. The van der Waals surface area contributed by atoms with E-state index in [9.17, 15) is 9.90 Å². The molecular weight excluding hydrogens is 384 g/mol. The van der Waals surface area contributed by atoms with Gasteiger partial charge in [-0.05, 0) is 41.9 Å². The van der Waals surface area contributed by atoms with Crippen LogP contribution in [0.1, 0.15) is 132 Å². The van der Waals surface area contributed by atoms with Crippen molar-refractivity contribution in [2.45, 2.75) is 138 Å². The Bertz CT molecular complexity index is 461. The quantitative estimate of drug-likeness (QED) is 0.234. The summed E-state index contributed by atoms with van der Waals surface area (Å²) in [4.78, 5) is 12.8. The first-order valence-corrected chi connectivity index (χ1v) is 13.3. The third kappa shape index (κ3) is 10.7. The Kier molecular flexibility index (Phi) is 12.7. The van der Waals surface area contributed by atoms with Gasteiger partial charge in [-0.25, -0.2) is 0 Å². The molecule has 1 saturated carbocycles. The Labute approximate surface area is 194 Å². The maximum absolute atomic E-state index is 12.8. The van der Waals surface area contributed by atoms with Gasteiger partial charge in [0.1, 0.15) is 0 Å². The Morgan fingerprint density at radius 2 is 1.13 bits per heavy atom. The third-order valence-corrected chi connectivity index (χ3v) is 7.45. The van der Waals surface area contributed by atoms with Gasteiger partial charge >= 0.3 is 5.97 Å². The lowest BCUT2D eigenvalue weighted by Crippen LogP contribution is -2.49. The minimum atomic E-state index is -0.351. The van der Waals surface area contributed by atoms with Gasteiger partial charge < -0.3 is 9.84 Å². The van der Waals surface area contributed by atoms with Gasteiger partial charge in [0.2, 0.25) is 0 Å². The van der Waals surface area contributed by atoms with E-state index in [4.69, 9.17) is 4.74 Å². The molecule has 0 amide bonds. The smallest absolute Gasteiger partial charge is 0.308 e. The highest BCUT2D eigenvalue weighted by atomic mass is 16.5. The number of aliphatic hydroxyl groups is 1. The summed E-state index contributed by atoms with van der Waals surface area (Å²) in [7, 11) is 0. The Balaban J connectivity index is 2.30. The normalized spacial score (nSPS) is 24.9.